The number of thioether (sulfide) groups is 1. The number of amides is 1. The molecule has 0 radical (unpaired) electrons. The normalized spacial score (nSPS) is 17.6. The predicted octanol–water partition coefficient (Wildman–Crippen LogP) is 1.78. The summed E-state index contributed by atoms with van der Waals surface area (Å²) >= 11 is 1.91. The van der Waals surface area contributed by atoms with Crippen LogP contribution in [-0.2, 0) is 0 Å². The molecule has 1 fully saturated rings. The first-order valence-electron chi connectivity index (χ1n) is 7.00. The molecule has 1 aliphatic heterocycles. The number of hydrogen-bond donors (Lipinski definition) is 1. The molecule has 0 saturated carbocycles. The summed E-state index contributed by atoms with van der Waals surface area (Å²) in [6.45, 7) is 5.72. The topological polar surface area (TPSA) is 53.4 Å². The Balaban J connectivity index is 2.20. The quantitative estimate of drug-likeness (QED) is 0.804. The van der Waals surface area contributed by atoms with Gasteiger partial charge in [0, 0.05) is 36.0 Å². The van der Waals surface area contributed by atoms with E-state index in [1.807, 2.05) is 16.7 Å². The minimum atomic E-state index is -0.225. The molecule has 1 amide bonds. The van der Waals surface area contributed by atoms with Crippen LogP contribution < -0.4 is 0 Å². The Morgan fingerprint density at radius 2 is 2.33 bits per heavy atom. The van der Waals surface area contributed by atoms with Crippen molar-refractivity contribution >= 4 is 17.7 Å². The number of aliphatic hydroxyl groups is 1. The summed E-state index contributed by atoms with van der Waals surface area (Å²) in [5.74, 6) is 6.32. The Bertz CT molecular complexity index is 575. The molecule has 1 N–H and O–H groups in total. The van der Waals surface area contributed by atoms with Gasteiger partial charge in [-0.2, -0.15) is 11.8 Å². The first-order valence-corrected chi connectivity index (χ1v) is 7.99. The SMILES string of the molecule is CC1(C)CCN(C(=O)c2ccncc2C#CCO)CCS1. The number of rotatable bonds is 1. The molecule has 1 aliphatic rings. The Morgan fingerprint density at radius 1 is 1.52 bits per heavy atom. The van der Waals surface area contributed by atoms with E-state index in [2.05, 4.69) is 30.7 Å². The van der Waals surface area contributed by atoms with Crippen LogP contribution in [0.4, 0.5) is 0 Å². The molecule has 0 spiro atoms. The van der Waals surface area contributed by atoms with Crippen molar-refractivity contribution in [3.05, 3.63) is 29.6 Å². The standard InChI is InChI=1S/C16H20N2O2S/c1-16(2)6-8-18(9-11-21-16)15(20)14-5-7-17-12-13(14)4-3-10-19/h5,7,12,19H,6,8-11H2,1-2H3. The first kappa shape index (κ1) is 15.9. The van der Waals surface area contributed by atoms with E-state index >= 15 is 0 Å². The van der Waals surface area contributed by atoms with Crippen molar-refractivity contribution in [1.29, 1.82) is 0 Å². The van der Waals surface area contributed by atoms with Crippen LogP contribution >= 0.6 is 11.8 Å². The summed E-state index contributed by atoms with van der Waals surface area (Å²) in [7, 11) is 0. The van der Waals surface area contributed by atoms with Crippen LogP contribution in [0.5, 0.6) is 0 Å². The highest BCUT2D eigenvalue weighted by atomic mass is 32.2. The lowest BCUT2D eigenvalue weighted by Crippen LogP contribution is -2.34. The van der Waals surface area contributed by atoms with Crippen molar-refractivity contribution < 1.29 is 9.90 Å². The molecule has 0 aromatic carbocycles. The molecule has 1 saturated heterocycles. The van der Waals surface area contributed by atoms with Crippen LogP contribution in [-0.4, -0.2) is 51.1 Å². The lowest BCUT2D eigenvalue weighted by atomic mass is 10.1. The second-order valence-corrected chi connectivity index (χ2v) is 7.33. The van der Waals surface area contributed by atoms with Crippen LogP contribution in [0.2, 0.25) is 0 Å². The molecular weight excluding hydrogens is 284 g/mol. The van der Waals surface area contributed by atoms with E-state index in [0.29, 0.717) is 11.1 Å². The second kappa shape index (κ2) is 6.97. The largest absolute Gasteiger partial charge is 0.384 e. The average molecular weight is 304 g/mol. The van der Waals surface area contributed by atoms with Crippen LogP contribution in [0.15, 0.2) is 18.5 Å². The van der Waals surface area contributed by atoms with Crippen LogP contribution in [0, 0.1) is 11.8 Å². The van der Waals surface area contributed by atoms with Crippen LogP contribution in [0.25, 0.3) is 0 Å². The van der Waals surface area contributed by atoms with Gasteiger partial charge >= 0.3 is 0 Å². The van der Waals surface area contributed by atoms with Crippen LogP contribution in [0.3, 0.4) is 0 Å². The Hall–Kier alpha value is -1.51. The molecule has 5 heteroatoms. The fraction of sp³-hybridized carbons (Fsp3) is 0.500. The molecule has 112 valence electrons. The lowest BCUT2D eigenvalue weighted by Gasteiger charge is -2.23. The molecule has 4 nitrogen and oxygen atoms in total. The Morgan fingerprint density at radius 3 is 3.10 bits per heavy atom. The zero-order chi connectivity index (χ0) is 15.3. The van der Waals surface area contributed by atoms with E-state index in [-0.39, 0.29) is 17.3 Å². The summed E-state index contributed by atoms with van der Waals surface area (Å²) in [5, 5.41) is 8.81. The van der Waals surface area contributed by atoms with Gasteiger partial charge in [-0.05, 0) is 12.5 Å². The average Bonchev–Trinajstić information content (AvgIpc) is 2.65. The van der Waals surface area contributed by atoms with Gasteiger partial charge in [0.1, 0.15) is 6.61 Å². The van der Waals surface area contributed by atoms with E-state index in [0.717, 1.165) is 25.3 Å². The molecule has 0 bridgehead atoms. The number of pyridine rings is 1. The maximum atomic E-state index is 12.7. The maximum Gasteiger partial charge on any atom is 0.255 e. The van der Waals surface area contributed by atoms with Gasteiger partial charge in [0.2, 0.25) is 0 Å². The van der Waals surface area contributed by atoms with Gasteiger partial charge in [-0.15, -0.1) is 0 Å². The van der Waals surface area contributed by atoms with Gasteiger partial charge in [-0.1, -0.05) is 25.7 Å². The zero-order valence-electron chi connectivity index (χ0n) is 12.4. The summed E-state index contributed by atoms with van der Waals surface area (Å²) in [6.07, 6.45) is 4.16. The number of carbonyl (C=O) groups is 1. The van der Waals surface area contributed by atoms with E-state index in [4.69, 9.17) is 5.11 Å². The minimum absolute atomic E-state index is 0.00191. The maximum absolute atomic E-state index is 12.7. The van der Waals surface area contributed by atoms with Crippen molar-refractivity contribution in [2.45, 2.75) is 25.0 Å². The number of aromatic nitrogens is 1. The van der Waals surface area contributed by atoms with Gasteiger partial charge < -0.3 is 10.0 Å². The number of carbonyl (C=O) groups excluding carboxylic acids is 1. The highest BCUT2D eigenvalue weighted by Gasteiger charge is 2.27. The monoisotopic (exact) mass is 304 g/mol. The minimum Gasteiger partial charge on any atom is -0.384 e. The highest BCUT2D eigenvalue weighted by Crippen LogP contribution is 2.31. The third-order valence-electron chi connectivity index (χ3n) is 3.48. The van der Waals surface area contributed by atoms with Crippen molar-refractivity contribution in [3.63, 3.8) is 0 Å². The van der Waals surface area contributed by atoms with Gasteiger partial charge in [0.15, 0.2) is 0 Å². The Labute approximate surface area is 129 Å². The first-order chi connectivity index (χ1) is 10.0. The van der Waals surface area contributed by atoms with Crippen LogP contribution in [0.1, 0.15) is 36.2 Å². The third kappa shape index (κ3) is 4.23. The molecule has 1 aromatic rings. The third-order valence-corrected chi connectivity index (χ3v) is 4.85. The Kier molecular flexibility index (Phi) is 5.27. The molecule has 2 heterocycles. The summed E-state index contributed by atoms with van der Waals surface area (Å²) in [5.41, 5.74) is 1.14. The molecule has 0 unspecified atom stereocenters. The zero-order valence-corrected chi connectivity index (χ0v) is 13.2. The van der Waals surface area contributed by atoms with Gasteiger partial charge in [-0.25, -0.2) is 0 Å². The van der Waals surface area contributed by atoms with Crippen molar-refractivity contribution in [2.24, 2.45) is 0 Å². The second-order valence-electron chi connectivity index (χ2n) is 5.53. The number of hydrogen-bond acceptors (Lipinski definition) is 4. The highest BCUT2D eigenvalue weighted by molar-refractivity contribution is 8.00. The lowest BCUT2D eigenvalue weighted by molar-refractivity contribution is 0.0764. The van der Waals surface area contributed by atoms with E-state index in [1.165, 1.54) is 0 Å². The molecule has 0 aliphatic carbocycles. The smallest absolute Gasteiger partial charge is 0.255 e. The molecule has 1 aromatic heterocycles. The van der Waals surface area contributed by atoms with E-state index < -0.39 is 0 Å². The van der Waals surface area contributed by atoms with Gasteiger partial charge in [0.25, 0.3) is 5.91 Å². The molecule has 21 heavy (non-hydrogen) atoms. The molecular formula is C16H20N2O2S. The molecule has 0 atom stereocenters. The predicted molar refractivity (Wildman–Crippen MR) is 85.3 cm³/mol. The summed E-state index contributed by atoms with van der Waals surface area (Å²) < 4.78 is 0.215. The van der Waals surface area contributed by atoms with Gasteiger partial charge in [-0.3, -0.25) is 9.78 Å². The van der Waals surface area contributed by atoms with E-state index in [9.17, 15) is 4.79 Å². The summed E-state index contributed by atoms with van der Waals surface area (Å²) in [6, 6.07) is 1.70. The number of nitrogens with zero attached hydrogens (tertiary/aromatic N) is 2. The van der Waals surface area contributed by atoms with Gasteiger partial charge in [0.05, 0.1) is 11.1 Å². The van der Waals surface area contributed by atoms with Crippen molar-refractivity contribution in [3.8, 4) is 11.8 Å². The van der Waals surface area contributed by atoms with E-state index in [1.54, 1.807) is 18.5 Å². The fourth-order valence-electron chi connectivity index (χ4n) is 2.21. The molecule has 2 rings (SSSR count). The van der Waals surface area contributed by atoms with Crippen molar-refractivity contribution in [2.75, 3.05) is 25.4 Å². The number of aliphatic hydroxyl groups excluding tert-OH is 1. The summed E-state index contributed by atoms with van der Waals surface area (Å²) in [4.78, 5) is 18.6. The van der Waals surface area contributed by atoms with Crippen molar-refractivity contribution in [1.82, 2.24) is 9.88 Å². The fourth-order valence-corrected chi connectivity index (χ4v) is 3.31.